The molecule has 2 atom stereocenters. The standard InChI is InChI=1S/C15H24N2O6S/c1-9(18)24-10-7-12(19)17(8-10)6-5-11(13(20)21)16-14(22)23-15(2,3)4/h10-11H,5-8H2,1-4H3,(H,16,22)(H,20,21)/t10?,11-/m0/s1. The van der Waals surface area contributed by atoms with Gasteiger partial charge in [0.2, 0.25) is 5.91 Å². The minimum atomic E-state index is -1.19. The highest BCUT2D eigenvalue weighted by Gasteiger charge is 2.32. The zero-order valence-electron chi connectivity index (χ0n) is 14.3. The maximum absolute atomic E-state index is 11.9. The van der Waals surface area contributed by atoms with E-state index in [1.54, 1.807) is 20.8 Å². The summed E-state index contributed by atoms with van der Waals surface area (Å²) in [6.07, 6.45) is -0.480. The number of aliphatic carboxylic acids is 1. The lowest BCUT2D eigenvalue weighted by Gasteiger charge is -2.23. The van der Waals surface area contributed by atoms with Crippen LogP contribution in [0.2, 0.25) is 0 Å². The second kappa shape index (κ2) is 8.36. The molecule has 0 radical (unpaired) electrons. The van der Waals surface area contributed by atoms with Crippen LogP contribution in [0.3, 0.4) is 0 Å². The maximum Gasteiger partial charge on any atom is 0.408 e. The molecule has 1 heterocycles. The zero-order valence-corrected chi connectivity index (χ0v) is 15.1. The molecular formula is C15H24N2O6S. The zero-order chi connectivity index (χ0) is 18.5. The van der Waals surface area contributed by atoms with E-state index in [-0.39, 0.29) is 35.7 Å². The van der Waals surface area contributed by atoms with Crippen molar-refractivity contribution in [3.8, 4) is 0 Å². The Bertz CT molecular complexity index is 517. The highest BCUT2D eigenvalue weighted by atomic mass is 32.2. The van der Waals surface area contributed by atoms with E-state index in [4.69, 9.17) is 4.74 Å². The molecule has 1 rings (SSSR count). The molecule has 0 aromatic heterocycles. The van der Waals surface area contributed by atoms with Crippen molar-refractivity contribution in [2.45, 2.75) is 57.4 Å². The lowest BCUT2D eigenvalue weighted by molar-refractivity contribution is -0.140. The number of ether oxygens (including phenoxy) is 1. The fourth-order valence-electron chi connectivity index (χ4n) is 2.26. The Morgan fingerprint density at radius 2 is 2.04 bits per heavy atom. The smallest absolute Gasteiger partial charge is 0.408 e. The molecule has 0 bridgehead atoms. The van der Waals surface area contributed by atoms with Crippen molar-refractivity contribution in [3.63, 3.8) is 0 Å². The first-order chi connectivity index (χ1) is 11.0. The van der Waals surface area contributed by atoms with Gasteiger partial charge in [0.15, 0.2) is 5.12 Å². The quantitative estimate of drug-likeness (QED) is 0.732. The molecule has 0 aliphatic carbocycles. The molecule has 1 aliphatic heterocycles. The van der Waals surface area contributed by atoms with Crippen molar-refractivity contribution in [2.24, 2.45) is 0 Å². The van der Waals surface area contributed by atoms with Gasteiger partial charge in [-0.1, -0.05) is 11.8 Å². The van der Waals surface area contributed by atoms with E-state index in [2.05, 4.69) is 5.32 Å². The summed E-state index contributed by atoms with van der Waals surface area (Å²) in [5.74, 6) is -1.31. The van der Waals surface area contributed by atoms with Crippen LogP contribution < -0.4 is 5.32 Å². The predicted octanol–water partition coefficient (Wildman–Crippen LogP) is 1.23. The lowest BCUT2D eigenvalue weighted by atomic mass is 10.2. The fraction of sp³-hybridized carbons (Fsp3) is 0.733. The first-order valence-corrected chi connectivity index (χ1v) is 8.53. The molecule has 1 aliphatic rings. The van der Waals surface area contributed by atoms with E-state index in [1.807, 2.05) is 0 Å². The van der Waals surface area contributed by atoms with Gasteiger partial charge in [0, 0.05) is 31.7 Å². The van der Waals surface area contributed by atoms with E-state index < -0.39 is 23.7 Å². The summed E-state index contributed by atoms with van der Waals surface area (Å²) in [5.41, 5.74) is -0.727. The number of carbonyl (C=O) groups excluding carboxylic acids is 3. The second-order valence-corrected chi connectivity index (χ2v) is 8.08. The molecule has 24 heavy (non-hydrogen) atoms. The summed E-state index contributed by atoms with van der Waals surface area (Å²) in [6.45, 7) is 7.08. The van der Waals surface area contributed by atoms with Gasteiger partial charge >= 0.3 is 12.1 Å². The summed E-state index contributed by atoms with van der Waals surface area (Å²) >= 11 is 1.12. The van der Waals surface area contributed by atoms with Crippen molar-refractivity contribution in [2.75, 3.05) is 13.1 Å². The van der Waals surface area contributed by atoms with Gasteiger partial charge in [0.05, 0.1) is 0 Å². The summed E-state index contributed by atoms with van der Waals surface area (Å²) in [6, 6.07) is -1.15. The Hall–Kier alpha value is -1.77. The summed E-state index contributed by atoms with van der Waals surface area (Å²) in [4.78, 5) is 47.5. The van der Waals surface area contributed by atoms with Gasteiger partial charge in [-0.05, 0) is 27.2 Å². The van der Waals surface area contributed by atoms with Crippen LogP contribution in [0.25, 0.3) is 0 Å². The molecule has 136 valence electrons. The highest BCUT2D eigenvalue weighted by Crippen LogP contribution is 2.24. The van der Waals surface area contributed by atoms with E-state index >= 15 is 0 Å². The Morgan fingerprint density at radius 1 is 1.42 bits per heavy atom. The molecule has 0 spiro atoms. The number of nitrogens with zero attached hydrogens (tertiary/aromatic N) is 1. The second-order valence-electron chi connectivity index (χ2n) is 6.60. The number of rotatable bonds is 6. The maximum atomic E-state index is 11.9. The van der Waals surface area contributed by atoms with E-state index in [1.165, 1.54) is 11.8 Å². The Kier molecular flexibility index (Phi) is 7.07. The molecule has 1 fully saturated rings. The minimum absolute atomic E-state index is 0.0512. The first-order valence-electron chi connectivity index (χ1n) is 7.65. The van der Waals surface area contributed by atoms with Gasteiger partial charge in [0.25, 0.3) is 0 Å². The third-order valence-corrected chi connectivity index (χ3v) is 4.17. The van der Waals surface area contributed by atoms with Crippen molar-refractivity contribution >= 4 is 34.8 Å². The topological polar surface area (TPSA) is 113 Å². The number of hydrogen-bond acceptors (Lipinski definition) is 6. The summed E-state index contributed by atoms with van der Waals surface area (Å²) in [7, 11) is 0. The van der Waals surface area contributed by atoms with Gasteiger partial charge in [-0.25, -0.2) is 9.59 Å². The lowest BCUT2D eigenvalue weighted by Crippen LogP contribution is -2.45. The number of carbonyl (C=O) groups is 4. The summed E-state index contributed by atoms with van der Waals surface area (Å²) in [5, 5.41) is 11.4. The highest BCUT2D eigenvalue weighted by molar-refractivity contribution is 8.14. The van der Waals surface area contributed by atoms with Gasteiger partial charge in [0.1, 0.15) is 11.6 Å². The first kappa shape index (κ1) is 20.3. The van der Waals surface area contributed by atoms with E-state index in [0.29, 0.717) is 6.54 Å². The SMILES string of the molecule is CC(=O)SC1CC(=O)N(CC[C@H](NC(=O)OC(C)(C)C)C(=O)O)C1. The van der Waals surface area contributed by atoms with Crippen LogP contribution in [0.5, 0.6) is 0 Å². The Labute approximate surface area is 145 Å². The predicted molar refractivity (Wildman–Crippen MR) is 88.7 cm³/mol. The van der Waals surface area contributed by atoms with Crippen LogP contribution in [0.1, 0.15) is 40.5 Å². The number of carboxylic acid groups (broad SMARTS) is 1. The third kappa shape index (κ3) is 7.20. The molecule has 0 aromatic carbocycles. The molecule has 2 N–H and O–H groups in total. The number of thioether (sulfide) groups is 1. The largest absolute Gasteiger partial charge is 0.480 e. The minimum Gasteiger partial charge on any atom is -0.480 e. The number of hydrogen-bond donors (Lipinski definition) is 2. The van der Waals surface area contributed by atoms with Gasteiger partial charge in [-0.3, -0.25) is 9.59 Å². The molecule has 9 heteroatoms. The van der Waals surface area contributed by atoms with Crippen molar-refractivity contribution < 1.29 is 29.0 Å². The van der Waals surface area contributed by atoms with Crippen LogP contribution in [-0.4, -0.2) is 63.1 Å². The van der Waals surface area contributed by atoms with E-state index in [0.717, 1.165) is 11.8 Å². The normalized spacial score (nSPS) is 19.1. The molecule has 0 saturated carbocycles. The number of likely N-dealkylation sites (tertiary alicyclic amines) is 1. The number of carboxylic acids is 1. The average molecular weight is 360 g/mol. The molecule has 1 saturated heterocycles. The van der Waals surface area contributed by atoms with Crippen LogP contribution in [0.4, 0.5) is 4.79 Å². The van der Waals surface area contributed by atoms with Gasteiger partial charge in [-0.15, -0.1) is 0 Å². The van der Waals surface area contributed by atoms with Crippen molar-refractivity contribution in [1.29, 1.82) is 0 Å². The van der Waals surface area contributed by atoms with Crippen LogP contribution >= 0.6 is 11.8 Å². The van der Waals surface area contributed by atoms with Gasteiger partial charge < -0.3 is 20.1 Å². The fourth-order valence-corrected chi connectivity index (χ4v) is 3.21. The van der Waals surface area contributed by atoms with Crippen LogP contribution in [0.15, 0.2) is 0 Å². The van der Waals surface area contributed by atoms with E-state index in [9.17, 15) is 24.3 Å². The third-order valence-electron chi connectivity index (χ3n) is 3.19. The van der Waals surface area contributed by atoms with Crippen LogP contribution in [0, 0.1) is 0 Å². The monoisotopic (exact) mass is 360 g/mol. The van der Waals surface area contributed by atoms with Crippen molar-refractivity contribution in [3.05, 3.63) is 0 Å². The van der Waals surface area contributed by atoms with Crippen LogP contribution in [-0.2, 0) is 19.1 Å². The molecule has 0 aromatic rings. The number of alkyl carbamates (subject to hydrolysis) is 1. The van der Waals surface area contributed by atoms with Gasteiger partial charge in [-0.2, -0.15) is 0 Å². The number of amides is 2. The Morgan fingerprint density at radius 3 is 2.54 bits per heavy atom. The molecule has 1 unspecified atom stereocenters. The summed E-state index contributed by atoms with van der Waals surface area (Å²) < 4.78 is 5.04. The number of nitrogens with one attached hydrogen (secondary N) is 1. The molecule has 2 amide bonds. The Balaban J connectivity index is 2.52. The molecule has 8 nitrogen and oxygen atoms in total. The average Bonchev–Trinajstić information content (AvgIpc) is 2.71. The van der Waals surface area contributed by atoms with Crippen molar-refractivity contribution in [1.82, 2.24) is 10.2 Å². The molecular weight excluding hydrogens is 336 g/mol.